The minimum atomic E-state index is -0.432. The summed E-state index contributed by atoms with van der Waals surface area (Å²) in [6.07, 6.45) is 0.732. The minimum absolute atomic E-state index is 0.266. The Kier molecular flexibility index (Phi) is 2.99. The third kappa shape index (κ3) is 1.95. The van der Waals surface area contributed by atoms with Crippen molar-refractivity contribution in [1.82, 2.24) is 5.32 Å². The van der Waals surface area contributed by atoms with Crippen LogP contribution >= 0.6 is 0 Å². The Bertz CT molecular complexity index is 482. The lowest BCUT2D eigenvalue weighted by Crippen LogP contribution is -2.28. The van der Waals surface area contributed by atoms with Gasteiger partial charge in [0.15, 0.2) is 0 Å². The largest absolute Gasteiger partial charge is 0.496 e. The van der Waals surface area contributed by atoms with Crippen molar-refractivity contribution < 1.29 is 19.1 Å². The normalized spacial score (nSPS) is 14.7. The van der Waals surface area contributed by atoms with E-state index in [0.29, 0.717) is 23.5 Å². The van der Waals surface area contributed by atoms with Gasteiger partial charge in [-0.2, -0.15) is 0 Å². The van der Waals surface area contributed by atoms with Crippen LogP contribution in [0, 0.1) is 0 Å². The molecule has 0 saturated carbocycles. The highest BCUT2D eigenvalue weighted by Crippen LogP contribution is 2.32. The monoisotopic (exact) mass is 235 g/mol. The number of benzene rings is 1. The van der Waals surface area contributed by atoms with Gasteiger partial charge in [0.05, 0.1) is 19.8 Å². The van der Waals surface area contributed by atoms with E-state index in [1.165, 1.54) is 14.2 Å². The number of carbonyl (C=O) groups is 2. The van der Waals surface area contributed by atoms with Gasteiger partial charge in [-0.05, 0) is 18.6 Å². The van der Waals surface area contributed by atoms with E-state index < -0.39 is 5.91 Å². The predicted molar refractivity (Wildman–Crippen MR) is 60.3 cm³/mol. The number of methoxy groups -OCH3 is 2. The van der Waals surface area contributed by atoms with Gasteiger partial charge in [-0.15, -0.1) is 0 Å². The van der Waals surface area contributed by atoms with Crippen molar-refractivity contribution in [2.45, 2.75) is 12.8 Å². The van der Waals surface area contributed by atoms with Crippen molar-refractivity contribution in [1.29, 1.82) is 0 Å². The van der Waals surface area contributed by atoms with Crippen LogP contribution in [0.1, 0.15) is 22.3 Å². The van der Waals surface area contributed by atoms with Crippen LogP contribution in [-0.2, 0) is 11.2 Å². The van der Waals surface area contributed by atoms with Gasteiger partial charge < -0.3 is 9.47 Å². The van der Waals surface area contributed by atoms with Gasteiger partial charge >= 0.3 is 0 Å². The molecule has 1 aromatic carbocycles. The summed E-state index contributed by atoms with van der Waals surface area (Å²) < 4.78 is 10.3. The molecule has 0 saturated heterocycles. The van der Waals surface area contributed by atoms with Gasteiger partial charge in [0.1, 0.15) is 11.5 Å². The first-order valence-corrected chi connectivity index (χ1v) is 5.25. The molecule has 5 heteroatoms. The molecule has 90 valence electrons. The van der Waals surface area contributed by atoms with Crippen molar-refractivity contribution in [2.75, 3.05) is 14.2 Å². The number of carbonyl (C=O) groups excluding carboxylic acids is 2. The summed E-state index contributed by atoms with van der Waals surface area (Å²) in [5.74, 6) is 0.340. The Hall–Kier alpha value is -2.04. The van der Waals surface area contributed by atoms with Gasteiger partial charge in [0.2, 0.25) is 5.91 Å². The minimum Gasteiger partial charge on any atom is -0.496 e. The second-order valence-corrected chi connectivity index (χ2v) is 3.70. The Balaban J connectivity index is 2.62. The van der Waals surface area contributed by atoms with E-state index in [1.54, 1.807) is 12.1 Å². The standard InChI is InChI=1S/C12H13NO4/c1-16-8-4-5-9(17-2)11-7(8)3-6-10(14)13-12(11)15/h4-5H,3,6H2,1-2H3,(H,13,14,15). The van der Waals surface area contributed by atoms with Crippen molar-refractivity contribution in [3.8, 4) is 11.5 Å². The summed E-state index contributed by atoms with van der Waals surface area (Å²) in [5.41, 5.74) is 1.10. The summed E-state index contributed by atoms with van der Waals surface area (Å²) in [6.45, 7) is 0. The first-order valence-electron chi connectivity index (χ1n) is 5.25. The number of imide groups is 1. The third-order valence-electron chi connectivity index (χ3n) is 2.75. The van der Waals surface area contributed by atoms with E-state index in [0.717, 1.165) is 5.56 Å². The molecule has 0 aliphatic carbocycles. The molecule has 1 aliphatic rings. The molecule has 1 heterocycles. The maximum absolute atomic E-state index is 11.9. The zero-order valence-electron chi connectivity index (χ0n) is 9.70. The van der Waals surface area contributed by atoms with E-state index in [4.69, 9.17) is 9.47 Å². The second kappa shape index (κ2) is 4.45. The number of hydrogen-bond acceptors (Lipinski definition) is 4. The summed E-state index contributed by atoms with van der Waals surface area (Å²) in [4.78, 5) is 23.2. The Morgan fingerprint density at radius 1 is 1.06 bits per heavy atom. The highest BCUT2D eigenvalue weighted by molar-refractivity contribution is 6.08. The smallest absolute Gasteiger partial charge is 0.262 e. The van der Waals surface area contributed by atoms with Crippen LogP contribution in [0.25, 0.3) is 0 Å². The highest BCUT2D eigenvalue weighted by Gasteiger charge is 2.26. The Morgan fingerprint density at radius 2 is 1.71 bits per heavy atom. The molecule has 0 bridgehead atoms. The maximum Gasteiger partial charge on any atom is 0.262 e. The molecule has 0 spiro atoms. The molecule has 17 heavy (non-hydrogen) atoms. The van der Waals surface area contributed by atoms with Gasteiger partial charge in [0, 0.05) is 12.0 Å². The van der Waals surface area contributed by atoms with Gasteiger partial charge in [-0.1, -0.05) is 0 Å². The number of hydrogen-bond donors (Lipinski definition) is 1. The lowest BCUT2D eigenvalue weighted by atomic mass is 10.0. The van der Waals surface area contributed by atoms with Crippen LogP contribution in [0.5, 0.6) is 11.5 Å². The Morgan fingerprint density at radius 3 is 2.35 bits per heavy atom. The van der Waals surface area contributed by atoms with E-state index in [-0.39, 0.29) is 12.3 Å². The SMILES string of the molecule is COc1ccc(OC)c2c1CCC(=O)NC2=O. The van der Waals surface area contributed by atoms with Gasteiger partial charge in [0.25, 0.3) is 5.91 Å². The number of nitrogens with one attached hydrogen (secondary N) is 1. The third-order valence-corrected chi connectivity index (χ3v) is 2.75. The van der Waals surface area contributed by atoms with E-state index in [2.05, 4.69) is 5.32 Å². The molecule has 1 aromatic rings. The first kappa shape index (κ1) is 11.4. The fourth-order valence-corrected chi connectivity index (χ4v) is 1.96. The molecule has 0 unspecified atom stereocenters. The molecule has 0 atom stereocenters. The fraction of sp³-hybridized carbons (Fsp3) is 0.333. The van der Waals surface area contributed by atoms with E-state index in [1.807, 2.05) is 0 Å². The van der Waals surface area contributed by atoms with E-state index >= 15 is 0 Å². The zero-order chi connectivity index (χ0) is 12.4. The average molecular weight is 235 g/mol. The number of ether oxygens (including phenoxy) is 2. The van der Waals surface area contributed by atoms with Crippen LogP contribution < -0.4 is 14.8 Å². The molecular weight excluding hydrogens is 222 g/mol. The van der Waals surface area contributed by atoms with Crippen LogP contribution in [0.4, 0.5) is 0 Å². The Labute approximate surface area is 98.7 Å². The quantitative estimate of drug-likeness (QED) is 0.774. The molecule has 5 nitrogen and oxygen atoms in total. The summed E-state index contributed by atoms with van der Waals surface area (Å²) >= 11 is 0. The molecule has 2 rings (SSSR count). The zero-order valence-corrected chi connectivity index (χ0v) is 9.70. The first-order chi connectivity index (χ1) is 8.17. The van der Waals surface area contributed by atoms with Gasteiger partial charge in [-0.25, -0.2) is 0 Å². The summed E-state index contributed by atoms with van der Waals surface area (Å²) in [7, 11) is 3.02. The maximum atomic E-state index is 11.9. The predicted octanol–water partition coefficient (Wildman–Crippen LogP) is 0.906. The number of amides is 2. The van der Waals surface area contributed by atoms with Crippen LogP contribution in [0.15, 0.2) is 12.1 Å². The summed E-state index contributed by atoms with van der Waals surface area (Å²) in [6, 6.07) is 3.40. The number of fused-ring (bicyclic) bond motifs is 1. The van der Waals surface area contributed by atoms with Gasteiger partial charge in [-0.3, -0.25) is 14.9 Å². The average Bonchev–Trinajstić information content (AvgIpc) is 2.48. The molecule has 0 aromatic heterocycles. The van der Waals surface area contributed by atoms with Crippen molar-refractivity contribution in [3.05, 3.63) is 23.3 Å². The van der Waals surface area contributed by atoms with Crippen LogP contribution in [0.3, 0.4) is 0 Å². The molecule has 0 fully saturated rings. The second-order valence-electron chi connectivity index (χ2n) is 3.70. The highest BCUT2D eigenvalue weighted by atomic mass is 16.5. The molecule has 1 aliphatic heterocycles. The molecule has 0 radical (unpaired) electrons. The fourth-order valence-electron chi connectivity index (χ4n) is 1.96. The molecular formula is C12H13NO4. The lowest BCUT2D eigenvalue weighted by Gasteiger charge is -2.13. The van der Waals surface area contributed by atoms with Crippen LogP contribution in [0.2, 0.25) is 0 Å². The lowest BCUT2D eigenvalue weighted by molar-refractivity contribution is -0.119. The van der Waals surface area contributed by atoms with Crippen molar-refractivity contribution >= 4 is 11.8 Å². The summed E-state index contributed by atoms with van der Waals surface area (Å²) in [5, 5.41) is 2.31. The van der Waals surface area contributed by atoms with Crippen LogP contribution in [-0.4, -0.2) is 26.0 Å². The van der Waals surface area contributed by atoms with Crippen molar-refractivity contribution in [2.24, 2.45) is 0 Å². The molecule has 1 N–H and O–H groups in total. The number of rotatable bonds is 2. The molecule has 2 amide bonds. The van der Waals surface area contributed by atoms with Crippen molar-refractivity contribution in [3.63, 3.8) is 0 Å². The topological polar surface area (TPSA) is 64.6 Å². The van der Waals surface area contributed by atoms with E-state index in [9.17, 15) is 9.59 Å².